The molecule has 0 radical (unpaired) electrons. The predicted molar refractivity (Wildman–Crippen MR) is 104 cm³/mol. The molecule has 0 aliphatic carbocycles. The van der Waals surface area contributed by atoms with Crippen LogP contribution in [-0.2, 0) is 18.0 Å². The summed E-state index contributed by atoms with van der Waals surface area (Å²) >= 11 is 3.25. The fourth-order valence-electron chi connectivity index (χ4n) is 2.08. The van der Waals surface area contributed by atoms with Crippen molar-refractivity contribution in [2.75, 3.05) is 7.11 Å². The van der Waals surface area contributed by atoms with Crippen LogP contribution >= 0.6 is 15.9 Å². The molecule has 0 amide bonds. The van der Waals surface area contributed by atoms with Crippen molar-refractivity contribution in [1.82, 2.24) is 0 Å². The van der Waals surface area contributed by atoms with Crippen LogP contribution in [0.25, 0.3) is 0 Å². The van der Waals surface area contributed by atoms with Gasteiger partial charge in [0, 0.05) is 6.07 Å². The number of phenols is 1. The number of hydrogen-bond acceptors (Lipinski definition) is 3. The fourth-order valence-corrected chi connectivity index (χ4v) is 2.49. The molecule has 3 nitrogen and oxygen atoms in total. The van der Waals surface area contributed by atoms with Crippen molar-refractivity contribution < 1.29 is 14.6 Å². The van der Waals surface area contributed by atoms with Gasteiger partial charge in [0.05, 0.1) is 24.8 Å². The van der Waals surface area contributed by atoms with E-state index in [4.69, 9.17) is 14.6 Å². The van der Waals surface area contributed by atoms with Crippen LogP contribution in [0.15, 0.2) is 83.3 Å². The highest BCUT2D eigenvalue weighted by atomic mass is 79.9. The average Bonchev–Trinajstić information content (AvgIpc) is 2.66. The lowest BCUT2D eigenvalue weighted by molar-refractivity contribution is 0.107. The van der Waals surface area contributed by atoms with Crippen molar-refractivity contribution in [2.45, 2.75) is 13.2 Å². The molecule has 0 aliphatic rings. The summed E-state index contributed by atoms with van der Waals surface area (Å²) in [6, 6.07) is 25.3. The van der Waals surface area contributed by atoms with Crippen LogP contribution < -0.4 is 4.74 Å². The first-order chi connectivity index (χ1) is 12.2. The van der Waals surface area contributed by atoms with Gasteiger partial charge in [0.15, 0.2) is 0 Å². The molecular weight excluding hydrogens is 380 g/mol. The highest BCUT2D eigenvalue weighted by Gasteiger charge is 1.98. The van der Waals surface area contributed by atoms with E-state index in [9.17, 15) is 0 Å². The zero-order valence-electron chi connectivity index (χ0n) is 14.1. The van der Waals surface area contributed by atoms with Gasteiger partial charge in [-0.3, -0.25) is 0 Å². The zero-order chi connectivity index (χ0) is 17.9. The molecule has 0 aliphatic heterocycles. The maximum atomic E-state index is 8.97. The Morgan fingerprint density at radius 1 is 0.800 bits per heavy atom. The quantitative estimate of drug-likeness (QED) is 0.608. The molecule has 25 heavy (non-hydrogen) atoms. The van der Waals surface area contributed by atoms with Gasteiger partial charge in [-0.15, -0.1) is 0 Å². The molecular formula is C21H21BrO3. The molecule has 0 saturated carbocycles. The van der Waals surface area contributed by atoms with Crippen molar-refractivity contribution in [3.05, 3.63) is 94.5 Å². The summed E-state index contributed by atoms with van der Waals surface area (Å²) in [5.74, 6) is 0.847. The lowest BCUT2D eigenvalue weighted by Crippen LogP contribution is -1.93. The maximum absolute atomic E-state index is 8.97. The van der Waals surface area contributed by atoms with Gasteiger partial charge in [-0.2, -0.15) is 0 Å². The Bertz CT molecular complexity index is 706. The number of halogens is 1. The third-order valence-corrected chi connectivity index (χ3v) is 4.01. The van der Waals surface area contributed by atoms with E-state index in [1.54, 1.807) is 25.3 Å². The molecule has 0 spiro atoms. The first kappa shape index (κ1) is 19.0. The highest BCUT2D eigenvalue weighted by molar-refractivity contribution is 9.10. The molecule has 0 fully saturated rings. The molecule has 130 valence electrons. The molecule has 0 aromatic heterocycles. The van der Waals surface area contributed by atoms with Gasteiger partial charge in [0.2, 0.25) is 0 Å². The minimum atomic E-state index is 0.208. The summed E-state index contributed by atoms with van der Waals surface area (Å²) in [6.07, 6.45) is 0. The Morgan fingerprint density at radius 2 is 1.32 bits per heavy atom. The number of methoxy groups -OCH3 is 1. The number of benzene rings is 3. The monoisotopic (exact) mass is 400 g/mol. The van der Waals surface area contributed by atoms with Gasteiger partial charge >= 0.3 is 0 Å². The first-order valence-corrected chi connectivity index (χ1v) is 8.66. The molecule has 0 heterocycles. The van der Waals surface area contributed by atoms with Crippen LogP contribution in [-0.4, -0.2) is 12.2 Å². The van der Waals surface area contributed by atoms with Gasteiger partial charge in [-0.1, -0.05) is 60.7 Å². The van der Waals surface area contributed by atoms with Crippen molar-refractivity contribution in [3.63, 3.8) is 0 Å². The van der Waals surface area contributed by atoms with E-state index in [1.807, 2.05) is 36.4 Å². The molecule has 3 aromatic rings. The Hall–Kier alpha value is -2.30. The molecule has 3 rings (SSSR count). The van der Waals surface area contributed by atoms with Gasteiger partial charge in [-0.25, -0.2) is 0 Å². The largest absolute Gasteiger partial charge is 0.508 e. The van der Waals surface area contributed by atoms with Crippen LogP contribution in [0.5, 0.6) is 11.5 Å². The Kier molecular flexibility index (Phi) is 8.02. The second kappa shape index (κ2) is 10.5. The Morgan fingerprint density at radius 3 is 1.76 bits per heavy atom. The van der Waals surface area contributed by atoms with Gasteiger partial charge in [0.1, 0.15) is 11.5 Å². The lowest BCUT2D eigenvalue weighted by atomic mass is 10.2. The summed E-state index contributed by atoms with van der Waals surface area (Å²) in [6.45, 7) is 1.35. The lowest BCUT2D eigenvalue weighted by Gasteiger charge is -2.03. The van der Waals surface area contributed by atoms with Crippen molar-refractivity contribution in [3.8, 4) is 11.5 Å². The number of aromatic hydroxyl groups is 1. The smallest absolute Gasteiger partial charge is 0.136 e. The second-order valence-corrected chi connectivity index (χ2v) is 6.14. The maximum Gasteiger partial charge on any atom is 0.136 e. The second-order valence-electron chi connectivity index (χ2n) is 5.28. The van der Waals surface area contributed by atoms with Gasteiger partial charge in [0.25, 0.3) is 0 Å². The number of hydrogen-bond donors (Lipinski definition) is 1. The Balaban J connectivity index is 0.000000196. The number of ether oxygens (including phenoxy) is 2. The summed E-state index contributed by atoms with van der Waals surface area (Å²) in [5, 5.41) is 8.97. The molecule has 4 heteroatoms. The van der Waals surface area contributed by atoms with Crippen molar-refractivity contribution in [1.29, 1.82) is 0 Å². The number of rotatable bonds is 5. The van der Waals surface area contributed by atoms with E-state index >= 15 is 0 Å². The van der Waals surface area contributed by atoms with Crippen molar-refractivity contribution >= 4 is 15.9 Å². The molecule has 0 atom stereocenters. The summed E-state index contributed by atoms with van der Waals surface area (Å²) in [7, 11) is 1.56. The van der Waals surface area contributed by atoms with Gasteiger partial charge in [-0.05, 0) is 39.2 Å². The third kappa shape index (κ3) is 6.99. The predicted octanol–water partition coefficient (Wildman–Crippen LogP) is 5.57. The molecule has 0 saturated heterocycles. The molecule has 0 unspecified atom stereocenters. The normalized spacial score (nSPS) is 9.84. The van der Waals surface area contributed by atoms with E-state index in [2.05, 4.69) is 40.2 Å². The first-order valence-electron chi connectivity index (χ1n) is 7.87. The minimum Gasteiger partial charge on any atom is -0.508 e. The van der Waals surface area contributed by atoms with Crippen LogP contribution in [0.1, 0.15) is 11.1 Å². The van der Waals surface area contributed by atoms with Crippen LogP contribution in [0.4, 0.5) is 0 Å². The summed E-state index contributed by atoms with van der Waals surface area (Å²) < 4.78 is 11.4. The number of phenolic OH excluding ortho intramolecular Hbond substituents is 1. The zero-order valence-corrected chi connectivity index (χ0v) is 15.6. The molecule has 3 aromatic carbocycles. The van der Waals surface area contributed by atoms with Crippen molar-refractivity contribution in [2.24, 2.45) is 0 Å². The third-order valence-electron chi connectivity index (χ3n) is 3.36. The van der Waals surface area contributed by atoms with Crippen LogP contribution in [0, 0.1) is 0 Å². The Labute approximate surface area is 157 Å². The van der Waals surface area contributed by atoms with E-state index < -0.39 is 0 Å². The topological polar surface area (TPSA) is 38.7 Å². The van der Waals surface area contributed by atoms with Gasteiger partial charge < -0.3 is 14.6 Å². The molecule has 1 N–H and O–H groups in total. The average molecular weight is 401 g/mol. The van der Waals surface area contributed by atoms with E-state index in [1.165, 1.54) is 11.1 Å². The van der Waals surface area contributed by atoms with Crippen LogP contribution in [0.2, 0.25) is 0 Å². The summed E-state index contributed by atoms with van der Waals surface area (Å²) in [5.41, 5.74) is 2.43. The highest BCUT2D eigenvalue weighted by Crippen LogP contribution is 2.27. The van der Waals surface area contributed by atoms with E-state index in [0.29, 0.717) is 19.0 Å². The fraction of sp³-hybridized carbons (Fsp3) is 0.143. The van der Waals surface area contributed by atoms with Crippen LogP contribution in [0.3, 0.4) is 0 Å². The van der Waals surface area contributed by atoms with E-state index in [0.717, 1.165) is 4.47 Å². The molecule has 0 bridgehead atoms. The standard InChI is InChI=1S/C14H14O.C7H7BrO2/c1-3-7-13(8-4-1)11-15-12-14-9-5-2-6-10-14;1-10-7-4-5(9)2-3-6(7)8/h1-10H,11-12H2;2-4,9H,1H3. The summed E-state index contributed by atoms with van der Waals surface area (Å²) in [4.78, 5) is 0. The SMILES string of the molecule is COc1cc(O)ccc1Br.c1ccc(COCc2ccccc2)cc1. The van der Waals surface area contributed by atoms with E-state index in [-0.39, 0.29) is 5.75 Å². The minimum absolute atomic E-state index is 0.208.